The monoisotopic (exact) mass is 429 g/mol. The number of carboxylic acid groups (broad SMARTS) is 1. The fraction of sp³-hybridized carbons (Fsp3) is 0.130. The van der Waals surface area contributed by atoms with E-state index in [0.717, 1.165) is 16.0 Å². The summed E-state index contributed by atoms with van der Waals surface area (Å²) in [4.78, 5) is 24.7. The molecule has 1 N–H and O–H groups in total. The fourth-order valence-electron chi connectivity index (χ4n) is 2.95. The number of anilines is 1. The van der Waals surface area contributed by atoms with E-state index in [9.17, 15) is 27.9 Å². The van der Waals surface area contributed by atoms with Gasteiger partial charge in [0, 0.05) is 5.69 Å². The molecule has 160 valence electrons. The molecule has 5 nitrogen and oxygen atoms in total. The molecule has 1 amide bonds. The van der Waals surface area contributed by atoms with Crippen molar-refractivity contribution in [1.82, 2.24) is 0 Å². The van der Waals surface area contributed by atoms with Gasteiger partial charge in [0.05, 0.1) is 6.54 Å². The van der Waals surface area contributed by atoms with E-state index in [1.165, 1.54) is 24.3 Å². The van der Waals surface area contributed by atoms with Crippen molar-refractivity contribution in [2.24, 2.45) is 0 Å². The van der Waals surface area contributed by atoms with Crippen molar-refractivity contribution in [2.75, 3.05) is 4.90 Å². The number of nitrogens with zero attached hydrogens (tertiary/aromatic N) is 1. The molecule has 0 bridgehead atoms. The molecule has 0 spiro atoms. The van der Waals surface area contributed by atoms with Crippen molar-refractivity contribution >= 4 is 17.6 Å². The number of halogens is 3. The van der Waals surface area contributed by atoms with Gasteiger partial charge in [-0.05, 0) is 47.9 Å². The second kappa shape index (κ2) is 8.91. The first-order chi connectivity index (χ1) is 14.6. The van der Waals surface area contributed by atoms with Crippen molar-refractivity contribution in [1.29, 1.82) is 0 Å². The Morgan fingerprint density at radius 3 is 1.87 bits per heavy atom. The summed E-state index contributed by atoms with van der Waals surface area (Å²) in [6, 6.07) is 19.2. The number of benzene rings is 3. The standard InChI is InChI=1S/C23H18F3NO4/c1-15-2-4-16(5-3-15)14-27(21(28)22(29)30)19-10-6-17(7-11-19)18-8-12-20(13-9-18)31-23(24,25)26/h2-13H,14H2,1H3,(H,29,30). The zero-order chi connectivity index (χ0) is 22.6. The summed E-state index contributed by atoms with van der Waals surface area (Å²) in [5.41, 5.74) is 3.50. The first-order valence-corrected chi connectivity index (χ1v) is 9.19. The van der Waals surface area contributed by atoms with Gasteiger partial charge in [0.15, 0.2) is 0 Å². The van der Waals surface area contributed by atoms with Crippen LogP contribution in [0.25, 0.3) is 11.1 Å². The SMILES string of the molecule is Cc1ccc(CN(C(=O)C(=O)O)c2ccc(-c3ccc(OC(F)(F)F)cc3)cc2)cc1. The number of hydrogen-bond donors (Lipinski definition) is 1. The summed E-state index contributed by atoms with van der Waals surface area (Å²) in [6.07, 6.45) is -4.76. The van der Waals surface area contributed by atoms with Gasteiger partial charge in [-0.2, -0.15) is 0 Å². The third-order valence-corrected chi connectivity index (χ3v) is 4.49. The highest BCUT2D eigenvalue weighted by Crippen LogP contribution is 2.28. The third-order valence-electron chi connectivity index (χ3n) is 4.49. The second-order valence-corrected chi connectivity index (χ2v) is 6.80. The third kappa shape index (κ3) is 5.85. The van der Waals surface area contributed by atoms with Gasteiger partial charge in [-0.3, -0.25) is 9.69 Å². The molecular weight excluding hydrogens is 411 g/mol. The van der Waals surface area contributed by atoms with Gasteiger partial charge >= 0.3 is 18.2 Å². The molecular formula is C23H18F3NO4. The Hall–Kier alpha value is -3.81. The minimum absolute atomic E-state index is 0.0776. The van der Waals surface area contributed by atoms with Crippen LogP contribution in [-0.4, -0.2) is 23.3 Å². The fourth-order valence-corrected chi connectivity index (χ4v) is 2.95. The molecule has 3 aromatic rings. The Bertz CT molecular complexity index is 1060. The molecule has 3 aromatic carbocycles. The lowest BCUT2D eigenvalue weighted by Gasteiger charge is -2.21. The van der Waals surface area contributed by atoms with Crippen LogP contribution in [0.3, 0.4) is 0 Å². The van der Waals surface area contributed by atoms with Crippen LogP contribution in [0, 0.1) is 6.92 Å². The van der Waals surface area contributed by atoms with E-state index >= 15 is 0 Å². The van der Waals surface area contributed by atoms with Crippen LogP contribution >= 0.6 is 0 Å². The normalized spacial score (nSPS) is 11.1. The number of amides is 1. The van der Waals surface area contributed by atoms with E-state index in [2.05, 4.69) is 4.74 Å². The van der Waals surface area contributed by atoms with Crippen molar-refractivity contribution < 1.29 is 32.6 Å². The zero-order valence-electron chi connectivity index (χ0n) is 16.4. The maximum Gasteiger partial charge on any atom is 0.573 e. The number of carbonyl (C=O) groups excluding carboxylic acids is 1. The van der Waals surface area contributed by atoms with Gasteiger partial charge in [-0.1, -0.05) is 54.1 Å². The quantitative estimate of drug-likeness (QED) is 0.568. The van der Waals surface area contributed by atoms with E-state index in [1.807, 2.05) is 31.2 Å². The first-order valence-electron chi connectivity index (χ1n) is 9.19. The van der Waals surface area contributed by atoms with Crippen LogP contribution in [0.15, 0.2) is 72.8 Å². The number of aliphatic carboxylic acids is 1. The lowest BCUT2D eigenvalue weighted by molar-refractivity contribution is -0.274. The topological polar surface area (TPSA) is 66.8 Å². The summed E-state index contributed by atoms with van der Waals surface area (Å²) < 4.78 is 40.7. The second-order valence-electron chi connectivity index (χ2n) is 6.80. The van der Waals surface area contributed by atoms with E-state index in [1.54, 1.807) is 24.3 Å². The molecule has 0 aliphatic heterocycles. The summed E-state index contributed by atoms with van der Waals surface area (Å²) >= 11 is 0. The van der Waals surface area contributed by atoms with Crippen LogP contribution < -0.4 is 9.64 Å². The van der Waals surface area contributed by atoms with Gasteiger partial charge in [0.1, 0.15) is 5.75 Å². The molecule has 3 rings (SSSR count). The molecule has 0 aliphatic rings. The Balaban J connectivity index is 1.83. The van der Waals surface area contributed by atoms with Crippen LogP contribution in [0.4, 0.5) is 18.9 Å². The highest BCUT2D eigenvalue weighted by Gasteiger charge is 2.31. The smallest absolute Gasteiger partial charge is 0.474 e. The molecule has 0 unspecified atom stereocenters. The maximum atomic E-state index is 12.3. The summed E-state index contributed by atoms with van der Waals surface area (Å²) in [7, 11) is 0. The number of ether oxygens (including phenoxy) is 1. The average molecular weight is 429 g/mol. The van der Waals surface area contributed by atoms with Gasteiger partial charge in [-0.25, -0.2) is 4.79 Å². The molecule has 0 saturated carbocycles. The lowest BCUT2D eigenvalue weighted by atomic mass is 10.0. The lowest BCUT2D eigenvalue weighted by Crippen LogP contribution is -2.36. The molecule has 0 aliphatic carbocycles. The average Bonchev–Trinajstić information content (AvgIpc) is 2.72. The molecule has 8 heteroatoms. The molecule has 0 radical (unpaired) electrons. The van der Waals surface area contributed by atoms with Crippen LogP contribution in [-0.2, 0) is 16.1 Å². The minimum Gasteiger partial charge on any atom is -0.474 e. The van der Waals surface area contributed by atoms with E-state index in [0.29, 0.717) is 16.8 Å². The molecule has 0 aromatic heterocycles. The first kappa shape index (κ1) is 21.9. The Morgan fingerprint density at radius 1 is 0.871 bits per heavy atom. The number of carbonyl (C=O) groups is 2. The number of rotatable bonds is 5. The predicted octanol–water partition coefficient (Wildman–Crippen LogP) is 5.18. The van der Waals surface area contributed by atoms with Gasteiger partial charge < -0.3 is 9.84 Å². The van der Waals surface area contributed by atoms with Gasteiger partial charge in [0.25, 0.3) is 0 Å². The van der Waals surface area contributed by atoms with Gasteiger partial charge in [-0.15, -0.1) is 13.2 Å². The Morgan fingerprint density at radius 2 is 1.39 bits per heavy atom. The van der Waals surface area contributed by atoms with Crippen molar-refractivity contribution in [2.45, 2.75) is 19.8 Å². The van der Waals surface area contributed by atoms with Crippen molar-refractivity contribution in [3.05, 3.63) is 83.9 Å². The summed E-state index contributed by atoms with van der Waals surface area (Å²) in [5, 5.41) is 9.19. The van der Waals surface area contributed by atoms with E-state index in [4.69, 9.17) is 0 Å². The molecule has 0 heterocycles. The van der Waals surface area contributed by atoms with Gasteiger partial charge in [0.2, 0.25) is 0 Å². The predicted molar refractivity (Wildman–Crippen MR) is 109 cm³/mol. The molecule has 0 fully saturated rings. The maximum absolute atomic E-state index is 12.3. The Kier molecular flexibility index (Phi) is 6.29. The van der Waals surface area contributed by atoms with Crippen LogP contribution in [0.2, 0.25) is 0 Å². The number of carboxylic acids is 1. The van der Waals surface area contributed by atoms with Crippen LogP contribution in [0.5, 0.6) is 5.75 Å². The number of hydrogen-bond acceptors (Lipinski definition) is 3. The van der Waals surface area contributed by atoms with Crippen molar-refractivity contribution in [3.8, 4) is 16.9 Å². The summed E-state index contributed by atoms with van der Waals surface area (Å²) in [5.74, 6) is -2.97. The van der Waals surface area contributed by atoms with E-state index < -0.39 is 18.2 Å². The highest BCUT2D eigenvalue weighted by molar-refractivity contribution is 6.37. The summed E-state index contributed by atoms with van der Waals surface area (Å²) in [6.45, 7) is 2.00. The van der Waals surface area contributed by atoms with E-state index in [-0.39, 0.29) is 12.3 Å². The molecule has 0 atom stereocenters. The largest absolute Gasteiger partial charge is 0.573 e. The molecule has 0 saturated heterocycles. The zero-order valence-corrected chi connectivity index (χ0v) is 16.4. The van der Waals surface area contributed by atoms with Crippen molar-refractivity contribution in [3.63, 3.8) is 0 Å². The minimum atomic E-state index is -4.76. The highest BCUT2D eigenvalue weighted by atomic mass is 19.4. The molecule has 31 heavy (non-hydrogen) atoms. The van der Waals surface area contributed by atoms with Crippen LogP contribution in [0.1, 0.15) is 11.1 Å². The number of alkyl halides is 3. The number of aryl methyl sites for hydroxylation is 1. The Labute approximate surface area is 176 Å².